The molecule has 102 valence electrons. The van der Waals surface area contributed by atoms with Crippen molar-refractivity contribution in [3.05, 3.63) is 23.7 Å². The summed E-state index contributed by atoms with van der Waals surface area (Å²) in [4.78, 5) is 2.35. The Morgan fingerprint density at radius 1 is 1.33 bits per heavy atom. The van der Waals surface area contributed by atoms with Gasteiger partial charge in [0.2, 0.25) is 0 Å². The predicted molar refractivity (Wildman–Crippen MR) is 71.4 cm³/mol. The van der Waals surface area contributed by atoms with E-state index >= 15 is 0 Å². The standard InChI is InChI=1S/C14H24N2O2/c1-10-4-5-13(18-10)14(11(2)15)16(3)12-6-8-17-9-7-12/h4-5,11-12,14H,6-9,15H2,1-3H3. The average Bonchev–Trinajstić information content (AvgIpc) is 2.76. The Kier molecular flexibility index (Phi) is 4.43. The fourth-order valence-electron chi connectivity index (χ4n) is 2.76. The first-order valence-corrected chi connectivity index (χ1v) is 6.71. The van der Waals surface area contributed by atoms with Crippen LogP contribution in [-0.2, 0) is 4.74 Å². The molecule has 1 aliphatic heterocycles. The maximum atomic E-state index is 6.15. The van der Waals surface area contributed by atoms with Crippen molar-refractivity contribution in [1.29, 1.82) is 0 Å². The third kappa shape index (κ3) is 2.94. The summed E-state index contributed by atoms with van der Waals surface area (Å²) in [6.45, 7) is 5.70. The van der Waals surface area contributed by atoms with Gasteiger partial charge in [0, 0.05) is 25.3 Å². The zero-order valence-corrected chi connectivity index (χ0v) is 11.6. The van der Waals surface area contributed by atoms with Gasteiger partial charge in [0.05, 0.1) is 6.04 Å². The lowest BCUT2D eigenvalue weighted by Crippen LogP contribution is -2.44. The lowest BCUT2D eigenvalue weighted by atomic mass is 10.0. The van der Waals surface area contributed by atoms with Crippen LogP contribution >= 0.6 is 0 Å². The third-order valence-corrected chi connectivity index (χ3v) is 3.76. The molecule has 0 bridgehead atoms. The Hall–Kier alpha value is -0.840. The van der Waals surface area contributed by atoms with Gasteiger partial charge in [-0.1, -0.05) is 0 Å². The maximum Gasteiger partial charge on any atom is 0.122 e. The number of nitrogens with zero attached hydrogens (tertiary/aromatic N) is 1. The predicted octanol–water partition coefficient (Wildman–Crippen LogP) is 2.09. The van der Waals surface area contributed by atoms with Crippen molar-refractivity contribution in [3.8, 4) is 0 Å². The second-order valence-electron chi connectivity index (χ2n) is 5.26. The molecule has 1 saturated heterocycles. The van der Waals surface area contributed by atoms with Crippen LogP contribution in [0.3, 0.4) is 0 Å². The van der Waals surface area contributed by atoms with Gasteiger partial charge in [-0.3, -0.25) is 4.90 Å². The molecule has 2 rings (SSSR count). The highest BCUT2D eigenvalue weighted by Crippen LogP contribution is 2.28. The van der Waals surface area contributed by atoms with E-state index in [4.69, 9.17) is 14.9 Å². The van der Waals surface area contributed by atoms with Gasteiger partial charge in [-0.05, 0) is 45.9 Å². The first kappa shape index (κ1) is 13.6. The van der Waals surface area contributed by atoms with E-state index in [-0.39, 0.29) is 12.1 Å². The van der Waals surface area contributed by atoms with Crippen LogP contribution in [0.2, 0.25) is 0 Å². The minimum absolute atomic E-state index is 0.0448. The molecule has 1 fully saturated rings. The van der Waals surface area contributed by atoms with Crippen molar-refractivity contribution >= 4 is 0 Å². The van der Waals surface area contributed by atoms with Crippen molar-refractivity contribution in [1.82, 2.24) is 4.90 Å². The number of hydrogen-bond donors (Lipinski definition) is 1. The Bertz CT molecular complexity index is 370. The summed E-state index contributed by atoms with van der Waals surface area (Å²) in [5.41, 5.74) is 6.15. The zero-order valence-electron chi connectivity index (χ0n) is 11.6. The SMILES string of the molecule is Cc1ccc(C(C(C)N)N(C)C2CCOCC2)o1. The Morgan fingerprint density at radius 2 is 2.00 bits per heavy atom. The smallest absolute Gasteiger partial charge is 0.122 e. The van der Waals surface area contributed by atoms with Crippen LogP contribution in [0.25, 0.3) is 0 Å². The number of rotatable bonds is 4. The number of hydrogen-bond acceptors (Lipinski definition) is 4. The summed E-state index contributed by atoms with van der Waals surface area (Å²) in [5, 5.41) is 0. The molecule has 2 unspecified atom stereocenters. The topological polar surface area (TPSA) is 51.6 Å². The lowest BCUT2D eigenvalue weighted by Gasteiger charge is -2.37. The monoisotopic (exact) mass is 252 g/mol. The molecule has 0 spiro atoms. The average molecular weight is 252 g/mol. The van der Waals surface area contributed by atoms with E-state index in [0.717, 1.165) is 37.6 Å². The highest BCUT2D eigenvalue weighted by molar-refractivity contribution is 5.12. The molecule has 0 amide bonds. The highest BCUT2D eigenvalue weighted by Gasteiger charge is 2.30. The highest BCUT2D eigenvalue weighted by atomic mass is 16.5. The van der Waals surface area contributed by atoms with Gasteiger partial charge in [-0.15, -0.1) is 0 Å². The first-order valence-electron chi connectivity index (χ1n) is 6.71. The van der Waals surface area contributed by atoms with E-state index in [1.165, 1.54) is 0 Å². The molecule has 2 N–H and O–H groups in total. The Balaban J connectivity index is 2.13. The van der Waals surface area contributed by atoms with Crippen LogP contribution in [-0.4, -0.2) is 37.2 Å². The molecule has 0 aliphatic carbocycles. The summed E-state index contributed by atoms with van der Waals surface area (Å²) in [6, 6.07) is 4.76. The molecule has 1 aromatic rings. The number of furan rings is 1. The first-order chi connectivity index (χ1) is 8.59. The molecule has 4 heteroatoms. The zero-order chi connectivity index (χ0) is 13.1. The van der Waals surface area contributed by atoms with E-state index in [0.29, 0.717) is 6.04 Å². The molecule has 1 aromatic heterocycles. The number of likely N-dealkylation sites (N-methyl/N-ethyl adjacent to an activating group) is 1. The molecular formula is C14H24N2O2. The molecule has 1 aliphatic rings. The minimum atomic E-state index is 0.0448. The normalized spacial score (nSPS) is 21.2. The third-order valence-electron chi connectivity index (χ3n) is 3.76. The van der Waals surface area contributed by atoms with E-state index in [9.17, 15) is 0 Å². The Labute approximate surface area is 109 Å². The number of ether oxygens (including phenoxy) is 1. The summed E-state index contributed by atoms with van der Waals surface area (Å²) in [7, 11) is 2.14. The van der Waals surface area contributed by atoms with E-state index in [1.807, 2.05) is 26.0 Å². The van der Waals surface area contributed by atoms with E-state index in [2.05, 4.69) is 11.9 Å². The molecule has 0 radical (unpaired) electrons. The molecule has 2 atom stereocenters. The molecule has 18 heavy (non-hydrogen) atoms. The van der Waals surface area contributed by atoms with E-state index in [1.54, 1.807) is 0 Å². The molecule has 0 saturated carbocycles. The van der Waals surface area contributed by atoms with Crippen molar-refractivity contribution in [3.63, 3.8) is 0 Å². The van der Waals surface area contributed by atoms with Crippen molar-refractivity contribution in [2.24, 2.45) is 5.73 Å². The van der Waals surface area contributed by atoms with Gasteiger partial charge >= 0.3 is 0 Å². The van der Waals surface area contributed by atoms with Crippen LogP contribution in [0.15, 0.2) is 16.5 Å². The van der Waals surface area contributed by atoms with Gasteiger partial charge < -0.3 is 14.9 Å². The molecule has 0 aromatic carbocycles. The van der Waals surface area contributed by atoms with Crippen molar-refractivity contribution in [2.45, 2.75) is 44.8 Å². The van der Waals surface area contributed by atoms with Gasteiger partial charge in [0.15, 0.2) is 0 Å². The van der Waals surface area contributed by atoms with Crippen LogP contribution in [0.4, 0.5) is 0 Å². The second-order valence-corrected chi connectivity index (χ2v) is 5.26. The van der Waals surface area contributed by atoms with Crippen molar-refractivity contribution < 1.29 is 9.15 Å². The summed E-state index contributed by atoms with van der Waals surface area (Å²) < 4.78 is 11.2. The summed E-state index contributed by atoms with van der Waals surface area (Å²) in [6.07, 6.45) is 2.14. The van der Waals surface area contributed by atoms with Crippen LogP contribution < -0.4 is 5.73 Å². The summed E-state index contributed by atoms with van der Waals surface area (Å²) >= 11 is 0. The van der Waals surface area contributed by atoms with Crippen LogP contribution in [0, 0.1) is 6.92 Å². The summed E-state index contributed by atoms with van der Waals surface area (Å²) in [5.74, 6) is 1.91. The van der Waals surface area contributed by atoms with Gasteiger partial charge in [-0.2, -0.15) is 0 Å². The van der Waals surface area contributed by atoms with Crippen LogP contribution in [0.5, 0.6) is 0 Å². The quantitative estimate of drug-likeness (QED) is 0.891. The maximum absolute atomic E-state index is 6.15. The largest absolute Gasteiger partial charge is 0.465 e. The molecular weight excluding hydrogens is 228 g/mol. The van der Waals surface area contributed by atoms with Gasteiger partial charge in [0.1, 0.15) is 11.5 Å². The second kappa shape index (κ2) is 5.87. The Morgan fingerprint density at radius 3 is 2.50 bits per heavy atom. The van der Waals surface area contributed by atoms with Crippen molar-refractivity contribution in [2.75, 3.05) is 20.3 Å². The van der Waals surface area contributed by atoms with Crippen LogP contribution in [0.1, 0.15) is 37.3 Å². The number of aryl methyl sites for hydroxylation is 1. The lowest BCUT2D eigenvalue weighted by molar-refractivity contribution is 0.0204. The fourth-order valence-corrected chi connectivity index (χ4v) is 2.76. The van der Waals surface area contributed by atoms with Gasteiger partial charge in [0.25, 0.3) is 0 Å². The van der Waals surface area contributed by atoms with E-state index < -0.39 is 0 Å². The van der Waals surface area contributed by atoms with Gasteiger partial charge in [-0.25, -0.2) is 0 Å². The minimum Gasteiger partial charge on any atom is -0.465 e. The molecule has 4 nitrogen and oxygen atoms in total. The fraction of sp³-hybridized carbons (Fsp3) is 0.714. The molecule has 2 heterocycles. The number of nitrogens with two attached hydrogens (primary N) is 1.